The van der Waals surface area contributed by atoms with Gasteiger partial charge in [-0.1, -0.05) is 6.92 Å². The van der Waals surface area contributed by atoms with E-state index in [9.17, 15) is 9.59 Å². The summed E-state index contributed by atoms with van der Waals surface area (Å²) in [6.45, 7) is 3.62. The highest BCUT2D eigenvalue weighted by molar-refractivity contribution is 6.34. The summed E-state index contributed by atoms with van der Waals surface area (Å²) < 4.78 is 14.7. The van der Waals surface area contributed by atoms with Gasteiger partial charge in [0.25, 0.3) is 5.78 Å². The first-order valence-electron chi connectivity index (χ1n) is 4.87. The normalized spacial score (nSPS) is 16.7. The number of carbonyl (C=O) groups excluding carboxylic acids is 2. The zero-order valence-corrected chi connectivity index (χ0v) is 8.76. The Kier molecular flexibility index (Phi) is 4.15. The van der Waals surface area contributed by atoms with Gasteiger partial charge in [0.15, 0.2) is 0 Å². The van der Waals surface area contributed by atoms with E-state index in [1.165, 1.54) is 12.5 Å². The number of carbonyl (C=O) groups is 2. The Hall–Kier alpha value is -1.52. The molecule has 1 aliphatic heterocycles. The van der Waals surface area contributed by atoms with Crippen molar-refractivity contribution in [3.05, 3.63) is 12.5 Å². The number of hydrogen-bond acceptors (Lipinski definition) is 5. The molecule has 5 nitrogen and oxygen atoms in total. The summed E-state index contributed by atoms with van der Waals surface area (Å²) in [6.07, 6.45) is 2.47. The van der Waals surface area contributed by atoms with Crippen LogP contribution in [0.1, 0.15) is 20.3 Å². The highest BCUT2D eigenvalue weighted by Crippen LogP contribution is 2.20. The minimum Gasteiger partial charge on any atom is -0.460 e. The molecule has 0 saturated carbocycles. The van der Waals surface area contributed by atoms with Crippen LogP contribution < -0.4 is 0 Å². The molecule has 1 heterocycles. The average Bonchev–Trinajstić information content (AvgIpc) is 2.72. The molecule has 1 rings (SSSR count). The Morgan fingerprint density at radius 1 is 1.33 bits per heavy atom. The van der Waals surface area contributed by atoms with Crippen LogP contribution in [0.25, 0.3) is 0 Å². The molecule has 0 amide bonds. The summed E-state index contributed by atoms with van der Waals surface area (Å²) in [7, 11) is 0. The van der Waals surface area contributed by atoms with Crippen LogP contribution in [0.4, 0.5) is 0 Å². The van der Waals surface area contributed by atoms with E-state index in [1.807, 2.05) is 0 Å². The van der Waals surface area contributed by atoms with Crippen molar-refractivity contribution in [1.82, 2.24) is 0 Å². The first kappa shape index (κ1) is 11.6. The van der Waals surface area contributed by atoms with Crippen LogP contribution in [0.5, 0.6) is 0 Å². The van der Waals surface area contributed by atoms with E-state index >= 15 is 0 Å². The lowest BCUT2D eigenvalue weighted by molar-refractivity contribution is -0.161. The van der Waals surface area contributed by atoms with Crippen molar-refractivity contribution in [1.29, 1.82) is 0 Å². The predicted octanol–water partition coefficient (Wildman–Crippen LogP) is 0.989. The largest absolute Gasteiger partial charge is 0.460 e. The maximum Gasteiger partial charge on any atom is 0.375 e. The molecule has 15 heavy (non-hydrogen) atoms. The van der Waals surface area contributed by atoms with E-state index in [0.29, 0.717) is 6.42 Å². The fraction of sp³-hybridized carbons (Fsp3) is 0.600. The van der Waals surface area contributed by atoms with E-state index in [0.717, 1.165) is 0 Å². The van der Waals surface area contributed by atoms with E-state index in [-0.39, 0.29) is 6.61 Å². The van der Waals surface area contributed by atoms with Crippen LogP contribution in [-0.4, -0.2) is 24.6 Å². The summed E-state index contributed by atoms with van der Waals surface area (Å²) in [5.41, 5.74) is 0. The van der Waals surface area contributed by atoms with E-state index in [2.05, 4.69) is 4.74 Å². The number of hydrogen-bond donors (Lipinski definition) is 0. The molecule has 0 aromatic rings. The monoisotopic (exact) mass is 214 g/mol. The summed E-state index contributed by atoms with van der Waals surface area (Å²) in [5, 5.41) is 0. The molecule has 0 bridgehead atoms. The zero-order valence-electron chi connectivity index (χ0n) is 8.76. The third-order valence-electron chi connectivity index (χ3n) is 2.06. The minimum atomic E-state index is -0.830. The molecular formula is C10H14O5. The summed E-state index contributed by atoms with van der Waals surface area (Å²) in [5.74, 6) is -2.05. The van der Waals surface area contributed by atoms with Crippen LogP contribution in [-0.2, 0) is 23.8 Å². The molecule has 0 aromatic carbocycles. The standard InChI is InChI=1S/C10H14O5/c1-3-7(10-14-5-6-15-10)8(11)9(12)13-4-2/h5-7,10H,3-4H2,1-2H3. The first-order chi connectivity index (χ1) is 7.20. The van der Waals surface area contributed by atoms with Gasteiger partial charge >= 0.3 is 5.97 Å². The van der Waals surface area contributed by atoms with Crippen LogP contribution in [0.15, 0.2) is 12.5 Å². The van der Waals surface area contributed by atoms with Gasteiger partial charge in [-0.25, -0.2) is 4.79 Å². The van der Waals surface area contributed by atoms with Crippen LogP contribution in [0.2, 0.25) is 0 Å². The van der Waals surface area contributed by atoms with Crippen molar-refractivity contribution in [2.75, 3.05) is 6.61 Å². The van der Waals surface area contributed by atoms with Crippen molar-refractivity contribution in [3.8, 4) is 0 Å². The summed E-state index contributed by atoms with van der Waals surface area (Å²) in [6, 6.07) is 0. The van der Waals surface area contributed by atoms with Crippen LogP contribution in [0, 0.1) is 5.92 Å². The quantitative estimate of drug-likeness (QED) is 0.504. The Balaban J connectivity index is 2.57. The minimum absolute atomic E-state index is 0.186. The summed E-state index contributed by atoms with van der Waals surface area (Å²) in [4.78, 5) is 22.8. The lowest BCUT2D eigenvalue weighted by Crippen LogP contribution is -2.34. The van der Waals surface area contributed by atoms with Gasteiger partial charge in [-0.3, -0.25) is 4.79 Å². The molecule has 0 radical (unpaired) electrons. The van der Waals surface area contributed by atoms with Crippen LogP contribution in [0.3, 0.4) is 0 Å². The number of esters is 1. The van der Waals surface area contributed by atoms with Gasteiger partial charge in [0.2, 0.25) is 6.29 Å². The van der Waals surface area contributed by atoms with Gasteiger partial charge < -0.3 is 14.2 Å². The first-order valence-corrected chi connectivity index (χ1v) is 4.87. The smallest absolute Gasteiger partial charge is 0.375 e. The Labute approximate surface area is 88.0 Å². The Morgan fingerprint density at radius 3 is 2.40 bits per heavy atom. The SMILES string of the molecule is CCOC(=O)C(=O)C(CC)C1OC=CO1. The van der Waals surface area contributed by atoms with Gasteiger partial charge in [-0.05, 0) is 13.3 Å². The van der Waals surface area contributed by atoms with Crippen molar-refractivity contribution < 1.29 is 23.8 Å². The molecule has 1 atom stereocenters. The van der Waals surface area contributed by atoms with E-state index in [1.54, 1.807) is 13.8 Å². The molecule has 0 aliphatic carbocycles. The Morgan fingerprint density at radius 2 is 1.93 bits per heavy atom. The van der Waals surface area contributed by atoms with Crippen molar-refractivity contribution in [2.24, 2.45) is 5.92 Å². The predicted molar refractivity (Wildman–Crippen MR) is 50.5 cm³/mol. The molecule has 0 spiro atoms. The summed E-state index contributed by atoms with van der Waals surface area (Å²) >= 11 is 0. The number of Topliss-reactive ketones (excluding diaryl/α,β-unsaturated/α-hetero) is 1. The van der Waals surface area contributed by atoms with Gasteiger partial charge in [0.05, 0.1) is 6.61 Å². The Bertz CT molecular complexity index is 263. The third kappa shape index (κ3) is 2.71. The molecule has 1 unspecified atom stereocenters. The van der Waals surface area contributed by atoms with Crippen molar-refractivity contribution >= 4 is 11.8 Å². The fourth-order valence-electron chi connectivity index (χ4n) is 1.30. The third-order valence-corrected chi connectivity index (χ3v) is 2.06. The molecule has 0 aromatic heterocycles. The van der Waals surface area contributed by atoms with Gasteiger partial charge in [-0.15, -0.1) is 0 Å². The molecule has 5 heteroatoms. The van der Waals surface area contributed by atoms with Gasteiger partial charge in [-0.2, -0.15) is 0 Å². The second-order valence-electron chi connectivity index (χ2n) is 3.01. The number of ether oxygens (including phenoxy) is 3. The average molecular weight is 214 g/mol. The molecular weight excluding hydrogens is 200 g/mol. The second kappa shape index (κ2) is 5.38. The number of rotatable bonds is 5. The second-order valence-corrected chi connectivity index (χ2v) is 3.01. The lowest BCUT2D eigenvalue weighted by atomic mass is 10.0. The molecule has 0 N–H and O–H groups in total. The topological polar surface area (TPSA) is 61.8 Å². The molecule has 1 aliphatic rings. The lowest BCUT2D eigenvalue weighted by Gasteiger charge is -2.18. The van der Waals surface area contributed by atoms with E-state index < -0.39 is 24.0 Å². The molecule has 84 valence electrons. The molecule has 0 saturated heterocycles. The van der Waals surface area contributed by atoms with Gasteiger partial charge in [0.1, 0.15) is 18.4 Å². The van der Waals surface area contributed by atoms with Crippen molar-refractivity contribution in [3.63, 3.8) is 0 Å². The molecule has 0 fully saturated rings. The van der Waals surface area contributed by atoms with E-state index in [4.69, 9.17) is 9.47 Å². The highest BCUT2D eigenvalue weighted by atomic mass is 16.7. The fourth-order valence-corrected chi connectivity index (χ4v) is 1.30. The van der Waals surface area contributed by atoms with Crippen molar-refractivity contribution in [2.45, 2.75) is 26.6 Å². The maximum atomic E-state index is 11.6. The number of ketones is 1. The van der Waals surface area contributed by atoms with Crippen LogP contribution >= 0.6 is 0 Å². The van der Waals surface area contributed by atoms with Gasteiger partial charge in [0, 0.05) is 0 Å². The highest BCUT2D eigenvalue weighted by Gasteiger charge is 2.35. The zero-order chi connectivity index (χ0) is 11.3. The maximum absolute atomic E-state index is 11.6.